The molecule has 0 atom stereocenters. The normalized spacial score (nSPS) is 10.5. The number of hydrogen-bond donors (Lipinski definition) is 0. The van der Waals surface area contributed by atoms with E-state index < -0.39 is 0 Å². The predicted octanol–water partition coefficient (Wildman–Crippen LogP) is 1.95. The van der Waals surface area contributed by atoms with E-state index in [0.717, 1.165) is 11.3 Å². The van der Waals surface area contributed by atoms with Crippen LogP contribution in [0.15, 0.2) is 30.6 Å². The van der Waals surface area contributed by atoms with Crippen LogP contribution in [-0.4, -0.2) is 28.5 Å². The van der Waals surface area contributed by atoms with Gasteiger partial charge in [-0.2, -0.15) is 0 Å². The van der Waals surface area contributed by atoms with E-state index in [1.807, 2.05) is 31.2 Å². The maximum absolute atomic E-state index is 5.25. The Bertz CT molecular complexity index is 465. The summed E-state index contributed by atoms with van der Waals surface area (Å²) < 4.78 is 12.0. The summed E-state index contributed by atoms with van der Waals surface area (Å²) in [5.41, 5.74) is 0.959. The summed E-state index contributed by atoms with van der Waals surface area (Å²) in [6.45, 7) is 3.04. The summed E-state index contributed by atoms with van der Waals surface area (Å²) >= 11 is 0. The molecule has 0 aliphatic carbocycles. The molecule has 5 heteroatoms. The lowest BCUT2D eigenvalue weighted by Crippen LogP contribution is -2.02. The largest absolute Gasteiger partial charge is 0.497 e. The first-order chi connectivity index (χ1) is 8.33. The van der Waals surface area contributed by atoms with Gasteiger partial charge in [0, 0.05) is 12.2 Å². The van der Waals surface area contributed by atoms with Gasteiger partial charge in [-0.1, -0.05) is 0 Å². The number of rotatable bonds is 5. The van der Waals surface area contributed by atoms with Crippen LogP contribution in [0.5, 0.6) is 5.75 Å². The van der Waals surface area contributed by atoms with Gasteiger partial charge in [-0.15, -0.1) is 5.10 Å². The highest BCUT2D eigenvalue weighted by molar-refractivity contribution is 5.55. The average molecular weight is 233 g/mol. The summed E-state index contributed by atoms with van der Waals surface area (Å²) in [6.07, 6.45) is 1.66. The van der Waals surface area contributed by atoms with Crippen molar-refractivity contribution in [1.82, 2.24) is 14.8 Å². The molecule has 5 nitrogen and oxygen atoms in total. The maximum Gasteiger partial charge on any atom is 0.181 e. The minimum atomic E-state index is 0.430. The first-order valence-corrected chi connectivity index (χ1v) is 5.45. The van der Waals surface area contributed by atoms with E-state index in [4.69, 9.17) is 9.47 Å². The molecule has 0 spiro atoms. The molecule has 0 saturated carbocycles. The van der Waals surface area contributed by atoms with Crippen LogP contribution in [0.25, 0.3) is 11.4 Å². The molecule has 0 radical (unpaired) electrons. The molecule has 2 aromatic rings. The molecule has 1 heterocycles. The molecule has 0 aliphatic rings. The fraction of sp³-hybridized carbons (Fsp3) is 0.333. The molecule has 1 aromatic carbocycles. The molecule has 0 amide bonds. The van der Waals surface area contributed by atoms with Crippen LogP contribution in [0.3, 0.4) is 0 Å². The smallest absolute Gasteiger partial charge is 0.181 e. The molecule has 17 heavy (non-hydrogen) atoms. The van der Waals surface area contributed by atoms with Crippen molar-refractivity contribution in [3.63, 3.8) is 0 Å². The Labute approximate surface area is 100 Å². The van der Waals surface area contributed by atoms with E-state index >= 15 is 0 Å². The van der Waals surface area contributed by atoms with Crippen LogP contribution in [-0.2, 0) is 11.5 Å². The Morgan fingerprint density at radius 1 is 1.24 bits per heavy atom. The first kappa shape index (κ1) is 11.6. The van der Waals surface area contributed by atoms with Crippen LogP contribution in [0, 0.1) is 0 Å². The van der Waals surface area contributed by atoms with Crippen LogP contribution in [0.1, 0.15) is 6.92 Å². The molecular formula is C12H15N3O2. The van der Waals surface area contributed by atoms with Gasteiger partial charge < -0.3 is 9.47 Å². The predicted molar refractivity (Wildman–Crippen MR) is 63.6 cm³/mol. The second kappa shape index (κ2) is 5.45. The van der Waals surface area contributed by atoms with Gasteiger partial charge in [0.15, 0.2) is 5.82 Å². The van der Waals surface area contributed by atoms with Crippen LogP contribution in [0.2, 0.25) is 0 Å². The zero-order valence-corrected chi connectivity index (χ0v) is 9.96. The van der Waals surface area contributed by atoms with Crippen molar-refractivity contribution >= 4 is 0 Å². The van der Waals surface area contributed by atoms with Gasteiger partial charge in [0.2, 0.25) is 0 Å². The molecule has 0 bridgehead atoms. The zero-order chi connectivity index (χ0) is 12.1. The van der Waals surface area contributed by atoms with Gasteiger partial charge in [0.25, 0.3) is 0 Å². The summed E-state index contributed by atoms with van der Waals surface area (Å²) in [7, 11) is 1.64. The highest BCUT2D eigenvalue weighted by atomic mass is 16.5. The number of nitrogens with zero attached hydrogens (tertiary/aromatic N) is 3. The Morgan fingerprint density at radius 3 is 2.65 bits per heavy atom. The molecule has 2 rings (SSSR count). The van der Waals surface area contributed by atoms with Crippen molar-refractivity contribution in [3.8, 4) is 17.1 Å². The van der Waals surface area contributed by atoms with Gasteiger partial charge in [-0.25, -0.2) is 9.67 Å². The average Bonchev–Trinajstić information content (AvgIpc) is 2.85. The number of benzene rings is 1. The SMILES string of the molecule is CCOCn1cnc(-c2ccc(OC)cc2)n1. The summed E-state index contributed by atoms with van der Waals surface area (Å²) in [6, 6.07) is 7.63. The lowest BCUT2D eigenvalue weighted by Gasteiger charge is -2.00. The number of ether oxygens (including phenoxy) is 2. The molecule has 0 aliphatic heterocycles. The van der Waals surface area contributed by atoms with E-state index in [2.05, 4.69) is 10.1 Å². The van der Waals surface area contributed by atoms with Crippen molar-refractivity contribution in [2.75, 3.05) is 13.7 Å². The summed E-state index contributed by atoms with van der Waals surface area (Å²) in [5.74, 6) is 1.51. The lowest BCUT2D eigenvalue weighted by atomic mass is 10.2. The minimum Gasteiger partial charge on any atom is -0.497 e. The Kier molecular flexibility index (Phi) is 3.72. The fourth-order valence-electron chi connectivity index (χ4n) is 1.41. The number of methoxy groups -OCH3 is 1. The summed E-state index contributed by atoms with van der Waals surface area (Å²) in [4.78, 5) is 4.23. The highest BCUT2D eigenvalue weighted by Gasteiger charge is 2.04. The fourth-order valence-corrected chi connectivity index (χ4v) is 1.41. The number of aromatic nitrogens is 3. The van der Waals surface area contributed by atoms with Gasteiger partial charge in [0.1, 0.15) is 18.8 Å². The van der Waals surface area contributed by atoms with E-state index in [0.29, 0.717) is 19.2 Å². The van der Waals surface area contributed by atoms with E-state index in [1.165, 1.54) is 0 Å². The quantitative estimate of drug-likeness (QED) is 0.792. The first-order valence-electron chi connectivity index (χ1n) is 5.45. The van der Waals surface area contributed by atoms with Gasteiger partial charge in [-0.3, -0.25) is 0 Å². The van der Waals surface area contributed by atoms with Crippen molar-refractivity contribution in [2.24, 2.45) is 0 Å². The molecular weight excluding hydrogens is 218 g/mol. The second-order valence-electron chi connectivity index (χ2n) is 3.46. The molecule has 0 N–H and O–H groups in total. The van der Waals surface area contributed by atoms with Gasteiger partial charge >= 0.3 is 0 Å². The van der Waals surface area contributed by atoms with Crippen molar-refractivity contribution in [1.29, 1.82) is 0 Å². The lowest BCUT2D eigenvalue weighted by molar-refractivity contribution is 0.0790. The third-order valence-corrected chi connectivity index (χ3v) is 2.31. The molecule has 1 aromatic heterocycles. The molecule has 0 unspecified atom stereocenters. The number of hydrogen-bond acceptors (Lipinski definition) is 4. The van der Waals surface area contributed by atoms with Crippen LogP contribution in [0.4, 0.5) is 0 Å². The standard InChI is InChI=1S/C12H15N3O2/c1-3-17-9-15-8-13-12(14-15)10-4-6-11(16-2)7-5-10/h4-8H,3,9H2,1-2H3. The van der Waals surface area contributed by atoms with Crippen LogP contribution < -0.4 is 4.74 Å². The summed E-state index contributed by atoms with van der Waals surface area (Å²) in [5, 5.41) is 4.31. The monoisotopic (exact) mass is 233 g/mol. The van der Waals surface area contributed by atoms with E-state index in [9.17, 15) is 0 Å². The zero-order valence-electron chi connectivity index (χ0n) is 9.96. The second-order valence-corrected chi connectivity index (χ2v) is 3.46. The van der Waals surface area contributed by atoms with Crippen molar-refractivity contribution in [2.45, 2.75) is 13.7 Å². The Morgan fingerprint density at radius 2 is 2.00 bits per heavy atom. The van der Waals surface area contributed by atoms with Gasteiger partial charge in [-0.05, 0) is 31.2 Å². The van der Waals surface area contributed by atoms with Gasteiger partial charge in [0.05, 0.1) is 7.11 Å². The third-order valence-electron chi connectivity index (χ3n) is 2.31. The Hall–Kier alpha value is -1.88. The highest BCUT2D eigenvalue weighted by Crippen LogP contribution is 2.18. The van der Waals surface area contributed by atoms with E-state index in [1.54, 1.807) is 18.1 Å². The van der Waals surface area contributed by atoms with E-state index in [-0.39, 0.29) is 0 Å². The molecule has 0 fully saturated rings. The maximum atomic E-state index is 5.25. The minimum absolute atomic E-state index is 0.430. The molecule has 90 valence electrons. The topological polar surface area (TPSA) is 49.2 Å². The Balaban J connectivity index is 2.12. The third kappa shape index (κ3) is 2.82. The molecule has 0 saturated heterocycles. The van der Waals surface area contributed by atoms with Crippen molar-refractivity contribution in [3.05, 3.63) is 30.6 Å². The van der Waals surface area contributed by atoms with Crippen molar-refractivity contribution < 1.29 is 9.47 Å². The van der Waals surface area contributed by atoms with Crippen LogP contribution >= 0.6 is 0 Å².